The van der Waals surface area contributed by atoms with Gasteiger partial charge in [-0.3, -0.25) is 0 Å². The number of aryl methyl sites for hydroxylation is 1. The molecule has 1 heterocycles. The van der Waals surface area contributed by atoms with Crippen LogP contribution in [-0.4, -0.2) is 6.54 Å². The van der Waals surface area contributed by atoms with E-state index in [2.05, 4.69) is 66.3 Å². The lowest BCUT2D eigenvalue weighted by Crippen LogP contribution is -2.22. The van der Waals surface area contributed by atoms with Crippen molar-refractivity contribution in [1.29, 1.82) is 0 Å². The van der Waals surface area contributed by atoms with Crippen LogP contribution in [0.4, 0.5) is 0 Å². The van der Waals surface area contributed by atoms with E-state index in [1.807, 2.05) is 0 Å². The van der Waals surface area contributed by atoms with E-state index in [4.69, 9.17) is 11.6 Å². The Morgan fingerprint density at radius 3 is 2.68 bits per heavy atom. The van der Waals surface area contributed by atoms with Crippen LogP contribution in [0, 0.1) is 13.8 Å². The van der Waals surface area contributed by atoms with E-state index in [1.165, 1.54) is 21.6 Å². The molecule has 0 fully saturated rings. The Morgan fingerprint density at radius 1 is 1.37 bits per heavy atom. The molecule has 0 aliphatic carbocycles. The lowest BCUT2D eigenvalue weighted by molar-refractivity contribution is 0.636. The van der Waals surface area contributed by atoms with Gasteiger partial charge in [-0.2, -0.15) is 0 Å². The average Bonchev–Trinajstić information content (AvgIpc) is 2.70. The van der Waals surface area contributed by atoms with Gasteiger partial charge in [0.25, 0.3) is 0 Å². The molecular weight excluding hydrogens is 342 g/mol. The van der Waals surface area contributed by atoms with Crippen molar-refractivity contribution in [1.82, 2.24) is 5.32 Å². The van der Waals surface area contributed by atoms with Crippen molar-refractivity contribution in [3.05, 3.63) is 54.6 Å². The van der Waals surface area contributed by atoms with Crippen molar-refractivity contribution in [2.24, 2.45) is 0 Å². The predicted octanol–water partition coefficient (Wildman–Crippen LogP) is 5.48. The molecule has 0 saturated carbocycles. The van der Waals surface area contributed by atoms with Gasteiger partial charge >= 0.3 is 0 Å². The van der Waals surface area contributed by atoms with Crippen LogP contribution in [0.15, 0.2) is 28.7 Å². The Balaban J connectivity index is 2.48. The minimum atomic E-state index is 0.207. The average molecular weight is 359 g/mol. The molecule has 2 rings (SSSR count). The molecule has 0 aliphatic rings. The third-order valence-corrected chi connectivity index (χ3v) is 5.85. The standard InChI is InChI=1S/C15H17BrClNS/c1-4-18-14(13-8-12(16)15(17)19-13)11-7-5-6-9(2)10(11)3/h5-8,14,18H,4H2,1-3H3. The fraction of sp³-hybridized carbons (Fsp3) is 0.333. The monoisotopic (exact) mass is 357 g/mol. The lowest BCUT2D eigenvalue weighted by atomic mass is 9.96. The molecule has 1 nitrogen and oxygen atoms in total. The summed E-state index contributed by atoms with van der Waals surface area (Å²) < 4.78 is 1.78. The molecule has 0 amide bonds. The lowest BCUT2D eigenvalue weighted by Gasteiger charge is -2.20. The van der Waals surface area contributed by atoms with Gasteiger partial charge in [-0.25, -0.2) is 0 Å². The summed E-state index contributed by atoms with van der Waals surface area (Å²) in [5.41, 5.74) is 3.99. The summed E-state index contributed by atoms with van der Waals surface area (Å²) in [5, 5.41) is 3.55. The van der Waals surface area contributed by atoms with Gasteiger partial charge in [0.05, 0.1) is 6.04 Å². The Kier molecular flexibility index (Phi) is 5.07. The molecule has 1 N–H and O–H groups in total. The van der Waals surface area contributed by atoms with Crippen molar-refractivity contribution < 1.29 is 0 Å². The van der Waals surface area contributed by atoms with Gasteiger partial charge in [0.15, 0.2) is 0 Å². The third kappa shape index (κ3) is 3.22. The highest BCUT2D eigenvalue weighted by Crippen LogP contribution is 2.38. The van der Waals surface area contributed by atoms with Gasteiger partial charge in [-0.05, 0) is 59.1 Å². The number of benzene rings is 1. The maximum Gasteiger partial charge on any atom is 0.107 e. The molecule has 102 valence electrons. The summed E-state index contributed by atoms with van der Waals surface area (Å²) in [6.45, 7) is 7.38. The van der Waals surface area contributed by atoms with Crippen LogP contribution in [0.1, 0.15) is 34.5 Å². The minimum Gasteiger partial charge on any atom is -0.306 e. The van der Waals surface area contributed by atoms with E-state index in [9.17, 15) is 0 Å². The molecule has 0 radical (unpaired) electrons. The molecule has 1 atom stereocenters. The van der Waals surface area contributed by atoms with Crippen LogP contribution < -0.4 is 5.32 Å². The van der Waals surface area contributed by atoms with Crippen molar-refractivity contribution in [3.8, 4) is 0 Å². The molecule has 0 spiro atoms. The van der Waals surface area contributed by atoms with Gasteiger partial charge in [0.2, 0.25) is 0 Å². The number of hydrogen-bond donors (Lipinski definition) is 1. The van der Waals surface area contributed by atoms with Gasteiger partial charge in [0.1, 0.15) is 4.34 Å². The summed E-state index contributed by atoms with van der Waals surface area (Å²) in [6, 6.07) is 8.78. The number of nitrogens with one attached hydrogen (secondary N) is 1. The zero-order valence-corrected chi connectivity index (χ0v) is 14.4. The molecule has 1 aromatic carbocycles. The number of hydrogen-bond acceptors (Lipinski definition) is 2. The maximum absolute atomic E-state index is 6.18. The highest BCUT2D eigenvalue weighted by atomic mass is 79.9. The zero-order valence-electron chi connectivity index (χ0n) is 11.3. The first kappa shape index (κ1) is 15.0. The van der Waals surface area contributed by atoms with E-state index in [0.717, 1.165) is 15.4 Å². The second-order valence-electron chi connectivity index (χ2n) is 4.55. The summed E-state index contributed by atoms with van der Waals surface area (Å²) in [7, 11) is 0. The summed E-state index contributed by atoms with van der Waals surface area (Å²) >= 11 is 11.3. The normalized spacial score (nSPS) is 12.7. The molecule has 0 bridgehead atoms. The van der Waals surface area contributed by atoms with Crippen molar-refractivity contribution in [2.45, 2.75) is 26.8 Å². The third-order valence-electron chi connectivity index (χ3n) is 3.31. The highest BCUT2D eigenvalue weighted by Gasteiger charge is 2.19. The minimum absolute atomic E-state index is 0.207. The molecule has 4 heteroatoms. The van der Waals surface area contributed by atoms with E-state index < -0.39 is 0 Å². The Labute approximate surface area is 132 Å². The zero-order chi connectivity index (χ0) is 14.0. The van der Waals surface area contributed by atoms with Crippen LogP contribution in [0.5, 0.6) is 0 Å². The fourth-order valence-electron chi connectivity index (χ4n) is 2.16. The predicted molar refractivity (Wildman–Crippen MR) is 88.5 cm³/mol. The quantitative estimate of drug-likeness (QED) is 0.763. The fourth-order valence-corrected chi connectivity index (χ4v) is 3.99. The molecule has 1 aromatic heterocycles. The summed E-state index contributed by atoms with van der Waals surface area (Å²) in [6.07, 6.45) is 0. The Morgan fingerprint density at radius 2 is 2.11 bits per heavy atom. The van der Waals surface area contributed by atoms with E-state index in [-0.39, 0.29) is 6.04 Å². The number of thiophene rings is 1. The van der Waals surface area contributed by atoms with Crippen molar-refractivity contribution in [2.75, 3.05) is 6.54 Å². The van der Waals surface area contributed by atoms with Crippen molar-refractivity contribution >= 4 is 38.9 Å². The van der Waals surface area contributed by atoms with E-state index >= 15 is 0 Å². The van der Waals surface area contributed by atoms with Crippen LogP contribution >= 0.6 is 38.9 Å². The molecule has 1 unspecified atom stereocenters. The smallest absolute Gasteiger partial charge is 0.107 e. The topological polar surface area (TPSA) is 12.0 Å². The first-order chi connectivity index (χ1) is 9.04. The largest absolute Gasteiger partial charge is 0.306 e. The second kappa shape index (κ2) is 6.40. The van der Waals surface area contributed by atoms with Gasteiger partial charge in [0, 0.05) is 9.35 Å². The number of rotatable bonds is 4. The highest BCUT2D eigenvalue weighted by molar-refractivity contribution is 9.10. The van der Waals surface area contributed by atoms with Crippen LogP contribution in [0.3, 0.4) is 0 Å². The van der Waals surface area contributed by atoms with E-state index in [0.29, 0.717) is 0 Å². The van der Waals surface area contributed by atoms with Gasteiger partial charge in [-0.1, -0.05) is 36.7 Å². The molecule has 19 heavy (non-hydrogen) atoms. The second-order valence-corrected chi connectivity index (χ2v) is 7.09. The number of halogens is 2. The maximum atomic E-state index is 6.18. The molecule has 2 aromatic rings. The van der Waals surface area contributed by atoms with Crippen LogP contribution in [0.25, 0.3) is 0 Å². The Bertz CT molecular complexity index is 560. The Hall–Kier alpha value is -0.350. The molecule has 0 aliphatic heterocycles. The molecular formula is C15H17BrClNS. The van der Waals surface area contributed by atoms with Crippen LogP contribution in [-0.2, 0) is 0 Å². The summed E-state index contributed by atoms with van der Waals surface area (Å²) in [5.74, 6) is 0. The van der Waals surface area contributed by atoms with Gasteiger partial charge in [-0.15, -0.1) is 11.3 Å². The van der Waals surface area contributed by atoms with Crippen molar-refractivity contribution in [3.63, 3.8) is 0 Å². The first-order valence-corrected chi connectivity index (χ1v) is 8.27. The van der Waals surface area contributed by atoms with E-state index in [1.54, 1.807) is 11.3 Å². The van der Waals surface area contributed by atoms with Crippen LogP contribution in [0.2, 0.25) is 4.34 Å². The first-order valence-electron chi connectivity index (χ1n) is 6.28. The van der Waals surface area contributed by atoms with Gasteiger partial charge < -0.3 is 5.32 Å². The molecule has 0 saturated heterocycles. The SMILES string of the molecule is CCNC(c1cc(Br)c(Cl)s1)c1cccc(C)c1C. The summed E-state index contributed by atoms with van der Waals surface area (Å²) in [4.78, 5) is 1.24.